The zero-order valence-electron chi connectivity index (χ0n) is 13.0. The fourth-order valence-electron chi connectivity index (χ4n) is 2.69. The molecule has 6 heteroatoms. The maximum atomic E-state index is 12.3. The first-order valence-electron chi connectivity index (χ1n) is 7.91. The van der Waals surface area contributed by atoms with Gasteiger partial charge in [0.25, 0.3) is 0 Å². The van der Waals surface area contributed by atoms with Gasteiger partial charge in [0.1, 0.15) is 5.78 Å². The Morgan fingerprint density at radius 3 is 2.78 bits per heavy atom. The highest BCUT2D eigenvalue weighted by Gasteiger charge is 2.24. The van der Waals surface area contributed by atoms with Crippen LogP contribution in [0.25, 0.3) is 11.5 Å². The molecule has 1 N–H and O–H groups in total. The third kappa shape index (κ3) is 3.64. The molecular weight excluding hydrogens is 294 g/mol. The number of anilines is 1. The second kappa shape index (κ2) is 6.73. The van der Waals surface area contributed by atoms with Crippen LogP contribution in [-0.4, -0.2) is 21.9 Å². The van der Waals surface area contributed by atoms with Crippen molar-refractivity contribution in [1.82, 2.24) is 10.2 Å². The van der Waals surface area contributed by atoms with Gasteiger partial charge < -0.3 is 9.73 Å². The fraction of sp³-hybridized carbons (Fsp3) is 0.412. The van der Waals surface area contributed by atoms with Crippen molar-refractivity contribution in [1.29, 1.82) is 0 Å². The Morgan fingerprint density at radius 2 is 2.09 bits per heavy atom. The third-order valence-electron chi connectivity index (χ3n) is 4.06. The highest BCUT2D eigenvalue weighted by atomic mass is 16.4. The minimum atomic E-state index is -0.0912. The first-order valence-corrected chi connectivity index (χ1v) is 7.91. The summed E-state index contributed by atoms with van der Waals surface area (Å²) >= 11 is 0. The van der Waals surface area contributed by atoms with E-state index in [-0.39, 0.29) is 17.6 Å². The number of ketones is 1. The monoisotopic (exact) mass is 313 g/mol. The lowest BCUT2D eigenvalue weighted by Gasteiger charge is -2.20. The number of Topliss-reactive ketones (excluding diaryl/α,β-unsaturated/α-hetero) is 1. The minimum absolute atomic E-state index is 0.0329. The van der Waals surface area contributed by atoms with Crippen LogP contribution in [0.1, 0.15) is 38.5 Å². The molecule has 2 aromatic rings. The summed E-state index contributed by atoms with van der Waals surface area (Å²) in [7, 11) is 0. The van der Waals surface area contributed by atoms with Gasteiger partial charge in [-0.15, -0.1) is 10.2 Å². The summed E-state index contributed by atoms with van der Waals surface area (Å²) in [6.07, 6.45) is 2.95. The third-order valence-corrected chi connectivity index (χ3v) is 4.06. The summed E-state index contributed by atoms with van der Waals surface area (Å²) in [4.78, 5) is 23.6. The van der Waals surface area contributed by atoms with E-state index in [2.05, 4.69) is 15.5 Å². The predicted octanol–water partition coefficient (Wildman–Crippen LogP) is 3.00. The number of nitrogens with zero attached hydrogens (tertiary/aromatic N) is 2. The van der Waals surface area contributed by atoms with Gasteiger partial charge in [0.05, 0.1) is 0 Å². The number of hydrogen-bond acceptors (Lipinski definition) is 5. The van der Waals surface area contributed by atoms with Crippen LogP contribution >= 0.6 is 0 Å². The van der Waals surface area contributed by atoms with E-state index >= 15 is 0 Å². The highest BCUT2D eigenvalue weighted by Crippen LogP contribution is 2.25. The van der Waals surface area contributed by atoms with Crippen molar-refractivity contribution < 1.29 is 14.0 Å². The zero-order valence-corrected chi connectivity index (χ0v) is 13.0. The maximum Gasteiger partial charge on any atom is 0.247 e. The summed E-state index contributed by atoms with van der Waals surface area (Å²) in [5, 5.41) is 10.9. The van der Waals surface area contributed by atoms with Crippen molar-refractivity contribution in [3.8, 4) is 11.5 Å². The number of carbonyl (C=O) groups excluding carboxylic acids is 2. The molecule has 1 heterocycles. The number of benzene rings is 1. The standard InChI is InChI=1S/C17H19N3O3/c1-2-15-19-20-17(23-15)12-4-3-5-13(10-12)18-16(22)11-6-8-14(21)9-7-11/h3-5,10-11H,2,6-9H2,1H3,(H,18,22). The molecule has 0 radical (unpaired) electrons. The summed E-state index contributed by atoms with van der Waals surface area (Å²) in [5.41, 5.74) is 1.47. The van der Waals surface area contributed by atoms with Crippen LogP contribution in [0.2, 0.25) is 0 Å². The largest absolute Gasteiger partial charge is 0.421 e. The molecule has 120 valence electrons. The number of rotatable bonds is 4. The van der Waals surface area contributed by atoms with Crippen molar-refractivity contribution >= 4 is 17.4 Å². The van der Waals surface area contributed by atoms with Crippen LogP contribution in [0.15, 0.2) is 28.7 Å². The molecule has 1 aliphatic carbocycles. The van der Waals surface area contributed by atoms with E-state index in [9.17, 15) is 9.59 Å². The van der Waals surface area contributed by atoms with Gasteiger partial charge in [0, 0.05) is 36.4 Å². The van der Waals surface area contributed by atoms with E-state index in [1.165, 1.54) is 0 Å². The molecule has 0 spiro atoms. The number of amides is 1. The van der Waals surface area contributed by atoms with Crippen molar-refractivity contribution in [3.05, 3.63) is 30.2 Å². The maximum absolute atomic E-state index is 12.3. The van der Waals surface area contributed by atoms with Crippen LogP contribution in [0.4, 0.5) is 5.69 Å². The number of aryl methyl sites for hydroxylation is 1. The van der Waals surface area contributed by atoms with Gasteiger partial charge in [0.15, 0.2) is 0 Å². The minimum Gasteiger partial charge on any atom is -0.421 e. The van der Waals surface area contributed by atoms with E-state index in [1.54, 1.807) is 0 Å². The summed E-state index contributed by atoms with van der Waals surface area (Å²) in [5.74, 6) is 1.16. The van der Waals surface area contributed by atoms with Crippen molar-refractivity contribution in [2.24, 2.45) is 5.92 Å². The molecule has 1 fully saturated rings. The predicted molar refractivity (Wildman–Crippen MR) is 84.7 cm³/mol. The normalized spacial score (nSPS) is 15.6. The van der Waals surface area contributed by atoms with Crippen LogP contribution in [0.3, 0.4) is 0 Å². The molecule has 23 heavy (non-hydrogen) atoms. The summed E-state index contributed by atoms with van der Waals surface area (Å²) in [6, 6.07) is 7.35. The van der Waals surface area contributed by atoms with Crippen molar-refractivity contribution in [2.45, 2.75) is 39.0 Å². The van der Waals surface area contributed by atoms with Crippen molar-refractivity contribution in [3.63, 3.8) is 0 Å². The molecule has 0 saturated heterocycles. The van der Waals surface area contributed by atoms with Gasteiger partial charge in [-0.3, -0.25) is 9.59 Å². The average Bonchev–Trinajstić information content (AvgIpc) is 3.05. The van der Waals surface area contributed by atoms with Gasteiger partial charge in [-0.2, -0.15) is 0 Å². The molecule has 1 aliphatic rings. The lowest BCUT2D eigenvalue weighted by Crippen LogP contribution is -2.27. The van der Waals surface area contributed by atoms with Gasteiger partial charge in [0.2, 0.25) is 17.7 Å². The number of nitrogens with one attached hydrogen (secondary N) is 1. The number of carbonyl (C=O) groups is 2. The molecular formula is C17H19N3O3. The molecule has 1 aromatic carbocycles. The molecule has 3 rings (SSSR count). The Morgan fingerprint density at radius 1 is 1.30 bits per heavy atom. The second-order valence-corrected chi connectivity index (χ2v) is 5.74. The van der Waals surface area contributed by atoms with Gasteiger partial charge in [-0.05, 0) is 31.0 Å². The Labute approximate surface area is 134 Å². The van der Waals surface area contributed by atoms with Crippen LogP contribution < -0.4 is 5.32 Å². The highest BCUT2D eigenvalue weighted by molar-refractivity contribution is 5.94. The van der Waals surface area contributed by atoms with E-state index in [0.29, 0.717) is 49.6 Å². The Hall–Kier alpha value is -2.50. The molecule has 0 bridgehead atoms. The smallest absolute Gasteiger partial charge is 0.247 e. The molecule has 6 nitrogen and oxygen atoms in total. The first kappa shape index (κ1) is 15.4. The van der Waals surface area contributed by atoms with E-state index in [0.717, 1.165) is 5.56 Å². The van der Waals surface area contributed by atoms with E-state index < -0.39 is 0 Å². The van der Waals surface area contributed by atoms with Crippen LogP contribution in [0.5, 0.6) is 0 Å². The SMILES string of the molecule is CCc1nnc(-c2cccc(NC(=O)C3CCC(=O)CC3)c2)o1. The Balaban J connectivity index is 1.70. The molecule has 0 unspecified atom stereocenters. The quantitative estimate of drug-likeness (QED) is 0.938. The Bertz CT molecular complexity index is 713. The zero-order chi connectivity index (χ0) is 16.2. The fourth-order valence-corrected chi connectivity index (χ4v) is 2.69. The summed E-state index contributed by atoms with van der Waals surface area (Å²) < 4.78 is 5.53. The van der Waals surface area contributed by atoms with Crippen LogP contribution in [0, 0.1) is 5.92 Å². The second-order valence-electron chi connectivity index (χ2n) is 5.74. The van der Waals surface area contributed by atoms with Crippen LogP contribution in [-0.2, 0) is 16.0 Å². The molecule has 0 atom stereocenters. The molecule has 1 aromatic heterocycles. The summed E-state index contributed by atoms with van der Waals surface area (Å²) in [6.45, 7) is 1.95. The van der Waals surface area contributed by atoms with Gasteiger partial charge >= 0.3 is 0 Å². The average molecular weight is 313 g/mol. The van der Waals surface area contributed by atoms with E-state index in [1.807, 2.05) is 31.2 Å². The Kier molecular flexibility index (Phi) is 4.50. The van der Waals surface area contributed by atoms with Crippen molar-refractivity contribution in [2.75, 3.05) is 5.32 Å². The number of hydrogen-bond donors (Lipinski definition) is 1. The van der Waals surface area contributed by atoms with Gasteiger partial charge in [-0.1, -0.05) is 13.0 Å². The molecule has 1 saturated carbocycles. The lowest BCUT2D eigenvalue weighted by atomic mass is 9.88. The molecule has 1 amide bonds. The molecule has 0 aliphatic heterocycles. The topological polar surface area (TPSA) is 85.1 Å². The first-order chi connectivity index (χ1) is 11.2. The van der Waals surface area contributed by atoms with Gasteiger partial charge in [-0.25, -0.2) is 0 Å². The van der Waals surface area contributed by atoms with E-state index in [4.69, 9.17) is 4.42 Å². The lowest BCUT2D eigenvalue weighted by molar-refractivity contribution is -0.125. The number of aromatic nitrogens is 2.